The number of anilines is 1. The van der Waals surface area contributed by atoms with Crippen LogP contribution in [0.1, 0.15) is 61.7 Å². The Morgan fingerprint density at radius 3 is 2.52 bits per heavy atom. The van der Waals surface area contributed by atoms with Crippen molar-refractivity contribution in [1.29, 1.82) is 0 Å². The molecule has 0 aliphatic heterocycles. The van der Waals surface area contributed by atoms with E-state index in [0.717, 1.165) is 28.9 Å². The minimum Gasteiger partial charge on any atom is -0.370 e. The predicted molar refractivity (Wildman–Crippen MR) is 91.4 cm³/mol. The average molecular weight is 303 g/mol. The molecule has 1 aliphatic rings. The van der Waals surface area contributed by atoms with Crippen LogP contribution >= 0.6 is 11.3 Å². The maximum atomic E-state index is 4.92. The summed E-state index contributed by atoms with van der Waals surface area (Å²) >= 11 is 1.81. The van der Waals surface area contributed by atoms with Crippen molar-refractivity contribution in [1.82, 2.24) is 9.97 Å². The van der Waals surface area contributed by atoms with Gasteiger partial charge in [-0.25, -0.2) is 9.97 Å². The molecule has 2 aromatic rings. The Bertz CT molecular complexity index is 639. The van der Waals surface area contributed by atoms with Crippen LogP contribution in [0.4, 0.5) is 5.82 Å². The highest BCUT2D eigenvalue weighted by Gasteiger charge is 2.24. The molecule has 1 aliphatic carbocycles. The topological polar surface area (TPSA) is 37.8 Å². The number of aromatic nitrogens is 2. The number of rotatable bonds is 3. The third-order valence-electron chi connectivity index (χ3n) is 4.77. The van der Waals surface area contributed by atoms with E-state index in [4.69, 9.17) is 9.97 Å². The van der Waals surface area contributed by atoms with Gasteiger partial charge in [-0.2, -0.15) is 0 Å². The predicted octanol–water partition coefficient (Wildman–Crippen LogP) is 5.03. The van der Waals surface area contributed by atoms with Crippen molar-refractivity contribution in [2.24, 2.45) is 5.92 Å². The van der Waals surface area contributed by atoms with Crippen LogP contribution in [0.3, 0.4) is 0 Å². The molecular formula is C17H25N3S. The van der Waals surface area contributed by atoms with Gasteiger partial charge in [0, 0.05) is 17.3 Å². The first-order valence-corrected chi connectivity index (χ1v) is 8.93. The Labute approximate surface area is 131 Å². The van der Waals surface area contributed by atoms with E-state index < -0.39 is 0 Å². The van der Waals surface area contributed by atoms with Crippen LogP contribution in [0.25, 0.3) is 10.2 Å². The summed E-state index contributed by atoms with van der Waals surface area (Å²) in [6.45, 7) is 9.75. The molecule has 0 bridgehead atoms. The normalized spacial score (nSPS) is 22.7. The van der Waals surface area contributed by atoms with Gasteiger partial charge in [0.1, 0.15) is 16.5 Å². The van der Waals surface area contributed by atoms with Crippen LogP contribution < -0.4 is 5.32 Å². The summed E-state index contributed by atoms with van der Waals surface area (Å²) in [5.74, 6) is 3.51. The fourth-order valence-corrected chi connectivity index (χ4v) is 4.30. The molecule has 2 aromatic heterocycles. The molecule has 0 aromatic carbocycles. The molecule has 0 unspecified atom stereocenters. The summed E-state index contributed by atoms with van der Waals surface area (Å²) in [6, 6.07) is 0. The summed E-state index contributed by atoms with van der Waals surface area (Å²) in [6.07, 6.45) is 5.10. The standard InChI is InChI=1S/C17H25N3S/c1-5-18-16-14-11(3)12(4)21-17(14)20-15(19-16)13-8-6-10(2)7-9-13/h10,13H,5-9H2,1-4H3,(H,18,19,20). The second kappa shape index (κ2) is 5.91. The summed E-state index contributed by atoms with van der Waals surface area (Å²) in [5.41, 5.74) is 1.33. The van der Waals surface area contributed by atoms with E-state index in [1.165, 1.54) is 41.5 Å². The fraction of sp³-hybridized carbons (Fsp3) is 0.647. The number of thiophene rings is 1. The van der Waals surface area contributed by atoms with Crippen LogP contribution in [0, 0.1) is 19.8 Å². The van der Waals surface area contributed by atoms with Gasteiger partial charge in [-0.15, -0.1) is 11.3 Å². The Hall–Kier alpha value is -1.16. The lowest BCUT2D eigenvalue weighted by atomic mass is 9.82. The molecule has 1 fully saturated rings. The van der Waals surface area contributed by atoms with Gasteiger partial charge >= 0.3 is 0 Å². The smallest absolute Gasteiger partial charge is 0.138 e. The minimum absolute atomic E-state index is 0.547. The average Bonchev–Trinajstić information content (AvgIpc) is 2.75. The Morgan fingerprint density at radius 2 is 1.86 bits per heavy atom. The quantitative estimate of drug-likeness (QED) is 0.863. The summed E-state index contributed by atoms with van der Waals surface area (Å²) in [7, 11) is 0. The fourth-order valence-electron chi connectivity index (χ4n) is 3.26. The van der Waals surface area contributed by atoms with Crippen LogP contribution in [-0.4, -0.2) is 16.5 Å². The van der Waals surface area contributed by atoms with E-state index >= 15 is 0 Å². The first-order chi connectivity index (χ1) is 10.1. The molecule has 21 heavy (non-hydrogen) atoms. The SMILES string of the molecule is CCNc1nc(C2CCC(C)CC2)nc2sc(C)c(C)c12. The van der Waals surface area contributed by atoms with Gasteiger partial charge in [-0.1, -0.05) is 19.8 Å². The molecule has 4 heteroatoms. The van der Waals surface area contributed by atoms with Crippen molar-refractivity contribution < 1.29 is 0 Å². The number of aryl methyl sites for hydroxylation is 2. The largest absolute Gasteiger partial charge is 0.370 e. The molecule has 1 N–H and O–H groups in total. The number of nitrogens with zero attached hydrogens (tertiary/aromatic N) is 2. The highest BCUT2D eigenvalue weighted by molar-refractivity contribution is 7.18. The van der Waals surface area contributed by atoms with Gasteiger partial charge in [0.25, 0.3) is 0 Å². The van der Waals surface area contributed by atoms with Gasteiger partial charge < -0.3 is 5.32 Å². The lowest BCUT2D eigenvalue weighted by molar-refractivity contribution is 0.340. The van der Waals surface area contributed by atoms with E-state index in [1.54, 1.807) is 11.3 Å². The highest BCUT2D eigenvalue weighted by Crippen LogP contribution is 2.38. The van der Waals surface area contributed by atoms with Gasteiger partial charge in [0.2, 0.25) is 0 Å². The zero-order valence-corrected chi connectivity index (χ0v) is 14.3. The zero-order chi connectivity index (χ0) is 15.0. The summed E-state index contributed by atoms with van der Waals surface area (Å²) < 4.78 is 0. The molecule has 0 radical (unpaired) electrons. The summed E-state index contributed by atoms with van der Waals surface area (Å²) in [5, 5.41) is 4.68. The van der Waals surface area contributed by atoms with Crippen LogP contribution in [0.15, 0.2) is 0 Å². The molecule has 3 rings (SSSR count). The maximum absolute atomic E-state index is 4.92. The molecule has 0 saturated heterocycles. The first-order valence-electron chi connectivity index (χ1n) is 8.11. The maximum Gasteiger partial charge on any atom is 0.138 e. The third kappa shape index (κ3) is 2.78. The molecular weight excluding hydrogens is 278 g/mol. The lowest BCUT2D eigenvalue weighted by Gasteiger charge is -2.25. The third-order valence-corrected chi connectivity index (χ3v) is 5.87. The number of fused-ring (bicyclic) bond motifs is 1. The van der Waals surface area contributed by atoms with Crippen molar-refractivity contribution in [3.8, 4) is 0 Å². The minimum atomic E-state index is 0.547. The van der Waals surface area contributed by atoms with Crippen molar-refractivity contribution in [2.45, 2.75) is 59.3 Å². The molecule has 0 spiro atoms. The van der Waals surface area contributed by atoms with Crippen molar-refractivity contribution in [3.05, 3.63) is 16.3 Å². The molecule has 1 saturated carbocycles. The molecule has 0 amide bonds. The molecule has 0 atom stereocenters. The van der Waals surface area contributed by atoms with Crippen LogP contribution in [0.5, 0.6) is 0 Å². The van der Waals surface area contributed by atoms with E-state index in [1.807, 2.05) is 0 Å². The lowest BCUT2D eigenvalue weighted by Crippen LogP contribution is -2.14. The molecule has 114 valence electrons. The number of nitrogens with one attached hydrogen (secondary N) is 1. The van der Waals surface area contributed by atoms with Gasteiger partial charge in [-0.3, -0.25) is 0 Å². The second-order valence-electron chi connectivity index (χ2n) is 6.38. The van der Waals surface area contributed by atoms with Gasteiger partial charge in [0.15, 0.2) is 0 Å². The second-order valence-corrected chi connectivity index (χ2v) is 7.58. The van der Waals surface area contributed by atoms with E-state index in [9.17, 15) is 0 Å². The van der Waals surface area contributed by atoms with Crippen molar-refractivity contribution >= 4 is 27.4 Å². The number of hydrogen-bond acceptors (Lipinski definition) is 4. The highest BCUT2D eigenvalue weighted by atomic mass is 32.1. The first kappa shape index (κ1) is 14.8. The van der Waals surface area contributed by atoms with E-state index in [-0.39, 0.29) is 0 Å². The van der Waals surface area contributed by atoms with E-state index in [0.29, 0.717) is 5.92 Å². The van der Waals surface area contributed by atoms with Gasteiger partial charge in [-0.05, 0) is 45.1 Å². The van der Waals surface area contributed by atoms with Crippen LogP contribution in [0.2, 0.25) is 0 Å². The van der Waals surface area contributed by atoms with Gasteiger partial charge in [0.05, 0.1) is 5.39 Å². The Balaban J connectivity index is 2.04. The molecule has 3 nitrogen and oxygen atoms in total. The van der Waals surface area contributed by atoms with Crippen molar-refractivity contribution in [2.75, 3.05) is 11.9 Å². The monoisotopic (exact) mass is 303 g/mol. The van der Waals surface area contributed by atoms with Crippen LogP contribution in [-0.2, 0) is 0 Å². The molecule has 2 heterocycles. The Morgan fingerprint density at radius 1 is 1.14 bits per heavy atom. The zero-order valence-electron chi connectivity index (χ0n) is 13.5. The summed E-state index contributed by atoms with van der Waals surface area (Å²) in [4.78, 5) is 12.3. The number of hydrogen-bond donors (Lipinski definition) is 1. The Kier molecular flexibility index (Phi) is 4.16. The van der Waals surface area contributed by atoms with Crippen molar-refractivity contribution in [3.63, 3.8) is 0 Å². The van der Waals surface area contributed by atoms with E-state index in [2.05, 4.69) is 33.0 Å².